The number of rotatable bonds is 1. The Hall–Kier alpha value is -5.74. The molecule has 12 rings (SSSR count). The van der Waals surface area contributed by atoms with Crippen molar-refractivity contribution >= 4 is 89.4 Å². The Morgan fingerprint density at radius 3 is 1.98 bits per heavy atom. The first kappa shape index (κ1) is 37.1. The molecule has 0 spiro atoms. The molecular formula is C57H55BN2O. The van der Waals surface area contributed by atoms with Crippen LogP contribution in [-0.4, -0.2) is 11.3 Å². The minimum Gasteiger partial charge on any atom is -0.456 e. The molecule has 0 bridgehead atoms. The summed E-state index contributed by atoms with van der Waals surface area (Å²) >= 11 is 0. The molecule has 1 aliphatic carbocycles. The summed E-state index contributed by atoms with van der Waals surface area (Å²) in [7, 11) is 0. The fraction of sp³-hybridized carbons (Fsp3) is 0.298. The molecular weight excluding hydrogens is 739 g/mol. The van der Waals surface area contributed by atoms with Gasteiger partial charge in [0.25, 0.3) is 0 Å². The van der Waals surface area contributed by atoms with Crippen molar-refractivity contribution in [3.8, 4) is 11.1 Å². The van der Waals surface area contributed by atoms with E-state index in [1.165, 1.54) is 118 Å². The third-order valence-corrected chi connectivity index (χ3v) is 15.2. The van der Waals surface area contributed by atoms with Crippen molar-refractivity contribution in [3.63, 3.8) is 0 Å². The summed E-state index contributed by atoms with van der Waals surface area (Å²) in [5.41, 5.74) is 20.6. The highest BCUT2D eigenvalue weighted by molar-refractivity contribution is 6.92. The Balaban J connectivity index is 1.30. The van der Waals surface area contributed by atoms with Gasteiger partial charge >= 0.3 is 6.85 Å². The van der Waals surface area contributed by atoms with E-state index >= 15 is 0 Å². The smallest absolute Gasteiger partial charge is 0.337 e. The molecule has 0 amide bonds. The molecule has 3 aliphatic rings. The average Bonchev–Trinajstić information content (AvgIpc) is 3.76. The van der Waals surface area contributed by atoms with Crippen molar-refractivity contribution < 1.29 is 4.42 Å². The van der Waals surface area contributed by atoms with Crippen LogP contribution < -0.4 is 15.8 Å². The minimum atomic E-state index is -0.133. The monoisotopic (exact) mass is 794 g/mol. The number of furan rings is 1. The SMILES string of the molecule is Cc1cc2c(cc1N1c3cc4ccccc4c4c3B(c3c1ccc1c3oc3ccccc31)n1c3ccc(C(C)(C)C)cc3c3cc(C(C)(C)C)cc-4c31)C(C)(C)CCC2(C)C. The zero-order valence-electron chi connectivity index (χ0n) is 37.7. The van der Waals surface area contributed by atoms with Gasteiger partial charge in [0.05, 0.1) is 0 Å². The van der Waals surface area contributed by atoms with Crippen LogP contribution in [0.5, 0.6) is 0 Å². The van der Waals surface area contributed by atoms with Gasteiger partial charge < -0.3 is 13.8 Å². The highest BCUT2D eigenvalue weighted by atomic mass is 16.3. The third kappa shape index (κ3) is 4.94. The number of nitrogens with zero attached hydrogens (tertiary/aromatic N) is 2. The first-order valence-corrected chi connectivity index (χ1v) is 22.5. The number of hydrogen-bond donors (Lipinski definition) is 0. The highest BCUT2D eigenvalue weighted by Gasteiger charge is 2.47. The van der Waals surface area contributed by atoms with Gasteiger partial charge in [-0.05, 0) is 146 Å². The molecule has 0 saturated carbocycles. The highest BCUT2D eigenvalue weighted by Crippen LogP contribution is 2.53. The van der Waals surface area contributed by atoms with Gasteiger partial charge in [0.1, 0.15) is 11.2 Å². The molecule has 302 valence electrons. The van der Waals surface area contributed by atoms with E-state index in [1.807, 2.05) is 0 Å². The van der Waals surface area contributed by atoms with E-state index in [2.05, 4.69) is 195 Å². The van der Waals surface area contributed by atoms with Crippen LogP contribution in [0, 0.1) is 6.92 Å². The van der Waals surface area contributed by atoms with Crippen molar-refractivity contribution in [2.45, 2.75) is 111 Å². The molecule has 0 fully saturated rings. The lowest BCUT2D eigenvalue weighted by Gasteiger charge is -2.45. The van der Waals surface area contributed by atoms with Crippen molar-refractivity contribution in [1.82, 2.24) is 4.48 Å². The molecule has 0 unspecified atom stereocenters. The summed E-state index contributed by atoms with van der Waals surface area (Å²) in [4.78, 5) is 2.64. The topological polar surface area (TPSA) is 21.3 Å². The number of anilines is 3. The average molecular weight is 795 g/mol. The van der Waals surface area contributed by atoms with Gasteiger partial charge in [-0.25, -0.2) is 0 Å². The maximum absolute atomic E-state index is 7.17. The van der Waals surface area contributed by atoms with Gasteiger partial charge in [-0.1, -0.05) is 124 Å². The number of benzene rings is 7. The Labute approximate surface area is 360 Å². The van der Waals surface area contributed by atoms with Crippen molar-refractivity contribution in [3.05, 3.63) is 137 Å². The van der Waals surface area contributed by atoms with Crippen LogP contribution in [-0.2, 0) is 21.7 Å². The van der Waals surface area contributed by atoms with E-state index in [9.17, 15) is 0 Å². The summed E-state index contributed by atoms with van der Waals surface area (Å²) in [5.74, 6) is 0. The molecule has 2 aromatic heterocycles. The number of hydrogen-bond acceptors (Lipinski definition) is 2. The zero-order valence-corrected chi connectivity index (χ0v) is 37.7. The van der Waals surface area contributed by atoms with E-state index in [1.54, 1.807) is 0 Å². The second-order valence-corrected chi connectivity index (χ2v) is 22.1. The number of aryl methyl sites for hydroxylation is 1. The van der Waals surface area contributed by atoms with Gasteiger partial charge in [-0.2, -0.15) is 0 Å². The van der Waals surface area contributed by atoms with Crippen LogP contribution >= 0.6 is 0 Å². The third-order valence-electron chi connectivity index (χ3n) is 15.2. The van der Waals surface area contributed by atoms with Crippen LogP contribution in [0.1, 0.15) is 110 Å². The van der Waals surface area contributed by atoms with E-state index in [0.717, 1.165) is 16.6 Å². The van der Waals surface area contributed by atoms with Gasteiger partial charge in [-0.15, -0.1) is 0 Å². The van der Waals surface area contributed by atoms with E-state index in [-0.39, 0.29) is 28.5 Å². The number of aromatic nitrogens is 1. The van der Waals surface area contributed by atoms with Crippen molar-refractivity contribution in [1.29, 1.82) is 0 Å². The largest absolute Gasteiger partial charge is 0.456 e. The summed E-state index contributed by atoms with van der Waals surface area (Å²) < 4.78 is 9.89. The first-order chi connectivity index (χ1) is 28.9. The fourth-order valence-electron chi connectivity index (χ4n) is 11.6. The van der Waals surface area contributed by atoms with Crippen LogP contribution in [0.2, 0.25) is 0 Å². The lowest BCUT2D eigenvalue weighted by Crippen LogP contribution is -2.57. The van der Waals surface area contributed by atoms with Gasteiger partial charge in [0.2, 0.25) is 0 Å². The van der Waals surface area contributed by atoms with Crippen LogP contribution in [0.25, 0.3) is 65.6 Å². The molecule has 0 saturated heterocycles. The Morgan fingerprint density at radius 1 is 0.574 bits per heavy atom. The van der Waals surface area contributed by atoms with Crippen LogP contribution in [0.3, 0.4) is 0 Å². The lowest BCUT2D eigenvalue weighted by atomic mass is 9.44. The van der Waals surface area contributed by atoms with Gasteiger partial charge in [0, 0.05) is 60.7 Å². The molecule has 9 aromatic rings. The molecule has 0 radical (unpaired) electrons. The summed E-state index contributed by atoms with van der Waals surface area (Å²) in [5, 5.41) is 7.55. The van der Waals surface area contributed by atoms with Crippen molar-refractivity contribution in [2.75, 3.05) is 4.90 Å². The Bertz CT molecular complexity index is 3410. The quantitative estimate of drug-likeness (QED) is 0.154. The maximum atomic E-state index is 7.17. The lowest BCUT2D eigenvalue weighted by molar-refractivity contribution is 0.332. The molecule has 0 atom stereocenters. The zero-order chi connectivity index (χ0) is 42.3. The second kappa shape index (κ2) is 11.8. The second-order valence-electron chi connectivity index (χ2n) is 22.1. The first-order valence-electron chi connectivity index (χ1n) is 22.5. The molecule has 4 heteroatoms. The van der Waals surface area contributed by atoms with Crippen LogP contribution in [0.15, 0.2) is 114 Å². The normalized spacial score (nSPS) is 16.5. The predicted octanol–water partition coefficient (Wildman–Crippen LogP) is 14.5. The van der Waals surface area contributed by atoms with Gasteiger partial charge in [-0.3, -0.25) is 0 Å². The predicted molar refractivity (Wildman–Crippen MR) is 262 cm³/mol. The summed E-state index contributed by atoms with van der Waals surface area (Å²) in [6.45, 7) is 26.1. The fourth-order valence-corrected chi connectivity index (χ4v) is 11.6. The Kier molecular flexibility index (Phi) is 7.16. The molecule has 2 aliphatic heterocycles. The van der Waals surface area contributed by atoms with E-state index in [4.69, 9.17) is 4.42 Å². The summed E-state index contributed by atoms with van der Waals surface area (Å²) in [6.07, 6.45) is 2.36. The standard InChI is InChI=1S/C57H55BN2O/c1-32-26-42-43(57(10,11)25-24-56(42,8)9)31-46(32)59-45-23-21-38-37-18-14-15-19-48(37)61-53(38)51(45)58-50-47(59)27-33-16-12-13-17-36(33)49(50)41-30-35(55(5,6)7)29-40-39-28-34(54(2,3)4)20-22-44(39)60(58)52(40)41/h12-23,26-31H,24-25H2,1-11H3. The Morgan fingerprint density at radius 2 is 1.25 bits per heavy atom. The molecule has 0 N–H and O–H groups in total. The van der Waals surface area contributed by atoms with Gasteiger partial charge in [0.15, 0.2) is 0 Å². The number of para-hydroxylation sites is 1. The minimum absolute atomic E-state index is 0.00842. The summed E-state index contributed by atoms with van der Waals surface area (Å²) in [6, 6.07) is 42.4. The van der Waals surface area contributed by atoms with Crippen molar-refractivity contribution in [2.24, 2.45) is 0 Å². The van der Waals surface area contributed by atoms with E-state index < -0.39 is 0 Å². The molecule has 3 nitrogen and oxygen atoms in total. The molecule has 61 heavy (non-hydrogen) atoms. The number of fused-ring (bicyclic) bond motifs is 14. The van der Waals surface area contributed by atoms with E-state index in [0.29, 0.717) is 0 Å². The molecule has 7 aromatic carbocycles. The molecule has 4 heterocycles. The maximum Gasteiger partial charge on any atom is 0.337 e. The van der Waals surface area contributed by atoms with Crippen LogP contribution in [0.4, 0.5) is 17.1 Å².